The second-order valence-electron chi connectivity index (χ2n) is 11.9. The van der Waals surface area contributed by atoms with Gasteiger partial charge < -0.3 is 20.1 Å². The highest BCUT2D eigenvalue weighted by molar-refractivity contribution is 5.97. The first kappa shape index (κ1) is 24.0. The fourth-order valence-corrected chi connectivity index (χ4v) is 6.61. The number of fused-ring (bicyclic) bond motifs is 4. The number of ether oxygens (including phenoxy) is 2. The molecule has 2 saturated heterocycles. The average Bonchev–Trinajstić information content (AvgIpc) is 3.20. The fourth-order valence-electron chi connectivity index (χ4n) is 6.61. The maximum atomic E-state index is 13.0. The Morgan fingerprint density at radius 2 is 1.03 bits per heavy atom. The van der Waals surface area contributed by atoms with E-state index in [0.717, 1.165) is 19.3 Å². The van der Waals surface area contributed by atoms with Gasteiger partial charge in [-0.15, -0.1) is 0 Å². The van der Waals surface area contributed by atoms with Gasteiger partial charge in [-0.1, -0.05) is 27.7 Å². The normalized spacial score (nSPS) is 39.3. The van der Waals surface area contributed by atoms with Gasteiger partial charge in [0.15, 0.2) is 11.2 Å². The summed E-state index contributed by atoms with van der Waals surface area (Å²) in [6.07, 6.45) is 4.78. The lowest BCUT2D eigenvalue weighted by Gasteiger charge is -2.35. The number of hydrogen-bond donors (Lipinski definition) is 2. The molecule has 2 aliphatic heterocycles. The quantitative estimate of drug-likeness (QED) is 0.424. The van der Waals surface area contributed by atoms with E-state index in [1.54, 1.807) is 0 Å². The Bertz CT molecular complexity index is 841. The summed E-state index contributed by atoms with van der Waals surface area (Å²) in [5, 5.41) is 5.92. The van der Waals surface area contributed by atoms with Crippen molar-refractivity contribution in [1.82, 2.24) is 10.6 Å². The van der Waals surface area contributed by atoms with Crippen molar-refractivity contribution in [2.75, 3.05) is 13.1 Å². The molecule has 4 bridgehead atoms. The molecule has 0 aromatic carbocycles. The SMILES string of the molecule is CC1(C)[C@@]2(C(=O)NCCCCCNC(=O)[C@]34CC[C@](C)(C(=O)O3)C4(C)C)CC[C@]1(C)C(=O)O2. The largest absolute Gasteiger partial charge is 0.448 e. The number of rotatable bonds is 8. The predicted molar refractivity (Wildman–Crippen MR) is 120 cm³/mol. The first-order valence-corrected chi connectivity index (χ1v) is 12.3. The zero-order chi connectivity index (χ0) is 24.5. The Morgan fingerprint density at radius 3 is 1.30 bits per heavy atom. The molecule has 0 aromatic rings. The van der Waals surface area contributed by atoms with E-state index in [0.29, 0.717) is 38.8 Å². The van der Waals surface area contributed by atoms with E-state index in [1.165, 1.54) is 0 Å². The number of hydrogen-bond acceptors (Lipinski definition) is 6. The van der Waals surface area contributed by atoms with Crippen LogP contribution in [0.4, 0.5) is 0 Å². The summed E-state index contributed by atoms with van der Waals surface area (Å²) in [5.41, 5.74) is -4.46. The Kier molecular flexibility index (Phi) is 5.23. The summed E-state index contributed by atoms with van der Waals surface area (Å²) in [6, 6.07) is 0. The van der Waals surface area contributed by atoms with Gasteiger partial charge in [0.05, 0.1) is 10.8 Å². The lowest BCUT2D eigenvalue weighted by molar-refractivity contribution is -0.168. The highest BCUT2D eigenvalue weighted by atomic mass is 16.6. The van der Waals surface area contributed by atoms with E-state index in [4.69, 9.17) is 9.47 Å². The van der Waals surface area contributed by atoms with Crippen LogP contribution in [0, 0.1) is 21.7 Å². The minimum Gasteiger partial charge on any atom is -0.448 e. The van der Waals surface area contributed by atoms with Crippen LogP contribution in [0.25, 0.3) is 0 Å². The van der Waals surface area contributed by atoms with Crippen LogP contribution >= 0.6 is 0 Å². The number of esters is 2. The molecule has 0 spiro atoms. The fraction of sp³-hybridized carbons (Fsp3) is 0.840. The van der Waals surface area contributed by atoms with Gasteiger partial charge >= 0.3 is 11.9 Å². The number of amides is 2. The highest BCUT2D eigenvalue weighted by Gasteiger charge is 2.76. The van der Waals surface area contributed by atoms with Gasteiger partial charge in [-0.3, -0.25) is 19.2 Å². The molecule has 184 valence electrons. The summed E-state index contributed by atoms with van der Waals surface area (Å²) in [7, 11) is 0. The molecule has 8 heteroatoms. The van der Waals surface area contributed by atoms with Crippen molar-refractivity contribution in [2.24, 2.45) is 21.7 Å². The van der Waals surface area contributed by atoms with Crippen LogP contribution in [0.15, 0.2) is 0 Å². The highest BCUT2D eigenvalue weighted by Crippen LogP contribution is 2.66. The van der Waals surface area contributed by atoms with Crippen LogP contribution < -0.4 is 10.6 Å². The molecule has 0 aromatic heterocycles. The molecule has 4 fully saturated rings. The van der Waals surface area contributed by atoms with Crippen LogP contribution in [0.2, 0.25) is 0 Å². The van der Waals surface area contributed by atoms with Crippen molar-refractivity contribution < 1.29 is 28.7 Å². The lowest BCUT2D eigenvalue weighted by atomic mass is 9.66. The van der Waals surface area contributed by atoms with Gasteiger partial charge in [0, 0.05) is 23.9 Å². The summed E-state index contributed by atoms with van der Waals surface area (Å²) < 4.78 is 11.2. The topological polar surface area (TPSA) is 111 Å². The molecule has 2 amide bonds. The molecule has 2 aliphatic carbocycles. The van der Waals surface area contributed by atoms with Gasteiger partial charge in [-0.25, -0.2) is 0 Å². The molecule has 8 nitrogen and oxygen atoms in total. The predicted octanol–water partition coefficient (Wildman–Crippen LogP) is 2.63. The number of carbonyl (C=O) groups excluding carboxylic acids is 4. The van der Waals surface area contributed by atoms with Crippen LogP contribution in [0.5, 0.6) is 0 Å². The number of nitrogens with one attached hydrogen (secondary N) is 2. The third-order valence-electron chi connectivity index (χ3n) is 10.3. The summed E-state index contributed by atoms with van der Waals surface area (Å²) in [6.45, 7) is 12.6. The minimum absolute atomic E-state index is 0.205. The van der Waals surface area contributed by atoms with Crippen molar-refractivity contribution >= 4 is 23.8 Å². The van der Waals surface area contributed by atoms with Crippen LogP contribution in [0.1, 0.15) is 86.5 Å². The summed E-state index contributed by atoms with van der Waals surface area (Å²) in [4.78, 5) is 50.6. The van der Waals surface area contributed by atoms with Gasteiger partial charge in [-0.2, -0.15) is 0 Å². The van der Waals surface area contributed by atoms with Crippen molar-refractivity contribution in [1.29, 1.82) is 0 Å². The van der Waals surface area contributed by atoms with E-state index < -0.39 is 32.9 Å². The molecule has 0 radical (unpaired) electrons. The Balaban J connectivity index is 1.20. The van der Waals surface area contributed by atoms with Gasteiger partial charge in [0.2, 0.25) is 0 Å². The van der Waals surface area contributed by atoms with E-state index in [9.17, 15) is 19.2 Å². The smallest absolute Gasteiger partial charge is 0.313 e. The molecule has 2 N–H and O–H groups in total. The first-order valence-electron chi connectivity index (χ1n) is 12.3. The zero-order valence-electron chi connectivity index (χ0n) is 20.8. The van der Waals surface area contributed by atoms with Gasteiger partial charge in [0.1, 0.15) is 0 Å². The van der Waals surface area contributed by atoms with E-state index in [1.807, 2.05) is 41.5 Å². The summed E-state index contributed by atoms with van der Waals surface area (Å²) in [5.74, 6) is -0.960. The molecular weight excluding hydrogens is 424 g/mol. The molecule has 2 heterocycles. The molecule has 4 atom stereocenters. The standard InChI is InChI=1S/C25H38N2O6/c1-20(2)22(5)10-12-24(20,32-18(22)30)16(28)26-14-8-7-9-15-27-17(29)25-13-11-23(6,19(31)33-25)21(25,3)4/h7-15H2,1-6H3,(H,26,28)(H,27,29)/t22-,23-,24+,25+/m1/s1. The Hall–Kier alpha value is -2.12. The zero-order valence-corrected chi connectivity index (χ0v) is 20.8. The number of carbonyl (C=O) groups is 4. The average molecular weight is 463 g/mol. The van der Waals surface area contributed by atoms with E-state index >= 15 is 0 Å². The van der Waals surface area contributed by atoms with E-state index in [2.05, 4.69) is 10.6 Å². The maximum absolute atomic E-state index is 13.0. The third kappa shape index (κ3) is 2.75. The van der Waals surface area contributed by atoms with Crippen molar-refractivity contribution in [2.45, 2.75) is 97.7 Å². The van der Waals surface area contributed by atoms with Crippen molar-refractivity contribution in [3.8, 4) is 0 Å². The van der Waals surface area contributed by atoms with Crippen LogP contribution in [0.3, 0.4) is 0 Å². The number of unbranched alkanes of at least 4 members (excludes halogenated alkanes) is 2. The van der Waals surface area contributed by atoms with Crippen molar-refractivity contribution in [3.63, 3.8) is 0 Å². The minimum atomic E-state index is -1.08. The molecule has 2 saturated carbocycles. The first-order chi connectivity index (χ1) is 15.2. The van der Waals surface area contributed by atoms with Gasteiger partial charge in [-0.05, 0) is 58.8 Å². The molecular formula is C25H38N2O6. The molecule has 0 unspecified atom stereocenters. The monoisotopic (exact) mass is 462 g/mol. The van der Waals surface area contributed by atoms with Gasteiger partial charge in [0.25, 0.3) is 11.8 Å². The second kappa shape index (κ2) is 7.19. The van der Waals surface area contributed by atoms with Crippen molar-refractivity contribution in [3.05, 3.63) is 0 Å². The van der Waals surface area contributed by atoms with Crippen LogP contribution in [-0.2, 0) is 28.7 Å². The Morgan fingerprint density at radius 1 is 0.667 bits per heavy atom. The third-order valence-corrected chi connectivity index (χ3v) is 10.3. The summed E-state index contributed by atoms with van der Waals surface area (Å²) >= 11 is 0. The molecule has 33 heavy (non-hydrogen) atoms. The molecule has 4 aliphatic rings. The Labute approximate surface area is 195 Å². The molecule has 4 rings (SSSR count). The van der Waals surface area contributed by atoms with Crippen LogP contribution in [-0.4, -0.2) is 48.0 Å². The second-order valence-corrected chi connectivity index (χ2v) is 11.9. The lowest BCUT2D eigenvalue weighted by Crippen LogP contribution is -2.53. The maximum Gasteiger partial charge on any atom is 0.313 e. The van der Waals surface area contributed by atoms with E-state index in [-0.39, 0.29) is 23.8 Å².